The molecule has 2 N–H and O–H groups in total. The van der Waals surface area contributed by atoms with E-state index >= 15 is 0 Å². The maximum absolute atomic E-state index is 6.17. The Morgan fingerprint density at radius 3 is 2.58 bits per heavy atom. The van der Waals surface area contributed by atoms with Crippen LogP contribution in [-0.2, 0) is 6.42 Å². The molecule has 19 heavy (non-hydrogen) atoms. The van der Waals surface area contributed by atoms with E-state index in [-0.39, 0.29) is 6.04 Å². The highest BCUT2D eigenvalue weighted by molar-refractivity contribution is 6.35. The fourth-order valence-corrected chi connectivity index (χ4v) is 2.77. The Morgan fingerprint density at radius 1 is 1.21 bits per heavy atom. The van der Waals surface area contributed by atoms with E-state index in [0.29, 0.717) is 16.7 Å². The molecule has 0 saturated heterocycles. The van der Waals surface area contributed by atoms with Crippen molar-refractivity contribution in [3.8, 4) is 5.75 Å². The maximum atomic E-state index is 6.17. The molecule has 0 amide bonds. The van der Waals surface area contributed by atoms with E-state index < -0.39 is 0 Å². The summed E-state index contributed by atoms with van der Waals surface area (Å²) in [6, 6.07) is 3.94. The Balaban J connectivity index is 2.65. The molecule has 0 fully saturated rings. The van der Waals surface area contributed by atoms with Crippen LogP contribution in [0.2, 0.25) is 10.0 Å². The number of aryl methyl sites for hydroxylation is 1. The number of ether oxygens (including phenoxy) is 1. The van der Waals surface area contributed by atoms with Crippen molar-refractivity contribution in [3.05, 3.63) is 27.7 Å². The molecule has 108 valence electrons. The summed E-state index contributed by atoms with van der Waals surface area (Å²) in [5.74, 6) is 0.762. The van der Waals surface area contributed by atoms with Crippen molar-refractivity contribution in [3.63, 3.8) is 0 Å². The molecule has 0 radical (unpaired) electrons. The lowest BCUT2D eigenvalue weighted by molar-refractivity contribution is 0.336. The first kappa shape index (κ1) is 16.6. The van der Waals surface area contributed by atoms with Crippen LogP contribution in [0.15, 0.2) is 12.1 Å². The fourth-order valence-electron chi connectivity index (χ4n) is 2.18. The number of hydrogen-bond acceptors (Lipinski definition) is 2. The molecule has 4 heteroatoms. The number of hydrogen-bond donors (Lipinski definition) is 1. The molecule has 1 aromatic rings. The summed E-state index contributed by atoms with van der Waals surface area (Å²) in [7, 11) is 0. The Kier molecular flexibility index (Phi) is 7.59. The predicted octanol–water partition coefficient (Wildman–Crippen LogP) is 4.84. The number of rotatable bonds is 8. The monoisotopic (exact) mass is 303 g/mol. The van der Waals surface area contributed by atoms with Crippen LogP contribution in [0.25, 0.3) is 0 Å². The second-order valence-electron chi connectivity index (χ2n) is 4.75. The first-order chi connectivity index (χ1) is 9.08. The smallest absolute Gasteiger partial charge is 0.141 e. The van der Waals surface area contributed by atoms with Crippen molar-refractivity contribution in [2.24, 2.45) is 5.73 Å². The number of nitrogens with two attached hydrogens (primary N) is 1. The molecule has 1 unspecified atom stereocenters. The van der Waals surface area contributed by atoms with Crippen LogP contribution in [0.3, 0.4) is 0 Å². The Labute approximate surface area is 126 Å². The Bertz CT molecular complexity index is 396. The summed E-state index contributed by atoms with van der Waals surface area (Å²) < 4.78 is 5.61. The second-order valence-corrected chi connectivity index (χ2v) is 5.59. The van der Waals surface area contributed by atoms with Crippen LogP contribution in [0.1, 0.15) is 45.1 Å². The van der Waals surface area contributed by atoms with Gasteiger partial charge in [-0.25, -0.2) is 0 Å². The molecule has 1 aromatic carbocycles. The van der Waals surface area contributed by atoms with Gasteiger partial charge in [0.25, 0.3) is 0 Å². The van der Waals surface area contributed by atoms with Crippen molar-refractivity contribution in [1.29, 1.82) is 0 Å². The van der Waals surface area contributed by atoms with Gasteiger partial charge in [-0.2, -0.15) is 0 Å². The standard InChI is InChI=1S/C15H23Cl2NO/c1-3-6-13(18)8-5-7-11-9-12(16)10-14(17)15(11)19-4-2/h9-10,13H,3-8,18H2,1-2H3. The van der Waals surface area contributed by atoms with Crippen LogP contribution in [0, 0.1) is 0 Å². The van der Waals surface area contributed by atoms with Gasteiger partial charge in [0.15, 0.2) is 0 Å². The summed E-state index contributed by atoms with van der Waals surface area (Å²) in [6.45, 7) is 4.71. The molecule has 0 bridgehead atoms. The van der Waals surface area contributed by atoms with Gasteiger partial charge in [-0.15, -0.1) is 0 Å². The third-order valence-electron chi connectivity index (χ3n) is 3.05. The van der Waals surface area contributed by atoms with Crippen LogP contribution < -0.4 is 10.5 Å². The summed E-state index contributed by atoms with van der Waals surface area (Å²) in [5, 5.41) is 1.24. The highest BCUT2D eigenvalue weighted by Gasteiger charge is 2.11. The SMILES string of the molecule is CCCC(N)CCCc1cc(Cl)cc(Cl)c1OCC. The number of benzene rings is 1. The van der Waals surface area contributed by atoms with Gasteiger partial charge in [0.05, 0.1) is 11.6 Å². The van der Waals surface area contributed by atoms with Gasteiger partial charge < -0.3 is 10.5 Å². The topological polar surface area (TPSA) is 35.2 Å². The first-order valence-electron chi connectivity index (χ1n) is 6.94. The third kappa shape index (κ3) is 5.60. The van der Waals surface area contributed by atoms with Crippen LogP contribution in [0.5, 0.6) is 5.75 Å². The molecule has 0 heterocycles. The lowest BCUT2D eigenvalue weighted by Crippen LogP contribution is -2.19. The lowest BCUT2D eigenvalue weighted by atomic mass is 10.0. The predicted molar refractivity (Wildman–Crippen MR) is 83.5 cm³/mol. The lowest BCUT2D eigenvalue weighted by Gasteiger charge is -2.14. The minimum Gasteiger partial charge on any atom is -0.492 e. The van der Waals surface area contributed by atoms with Gasteiger partial charge in [-0.1, -0.05) is 36.5 Å². The van der Waals surface area contributed by atoms with E-state index in [0.717, 1.165) is 43.4 Å². The molecule has 0 aliphatic rings. The van der Waals surface area contributed by atoms with E-state index in [9.17, 15) is 0 Å². The van der Waals surface area contributed by atoms with Gasteiger partial charge in [0.2, 0.25) is 0 Å². The first-order valence-corrected chi connectivity index (χ1v) is 7.70. The van der Waals surface area contributed by atoms with Gasteiger partial charge in [-0.05, 0) is 50.3 Å². The maximum Gasteiger partial charge on any atom is 0.141 e. The van der Waals surface area contributed by atoms with Gasteiger partial charge in [0.1, 0.15) is 5.75 Å². The largest absolute Gasteiger partial charge is 0.492 e. The van der Waals surface area contributed by atoms with Crippen LogP contribution >= 0.6 is 23.2 Å². The minimum atomic E-state index is 0.287. The van der Waals surface area contributed by atoms with E-state index in [1.54, 1.807) is 6.07 Å². The van der Waals surface area contributed by atoms with Crippen molar-refractivity contribution < 1.29 is 4.74 Å². The fraction of sp³-hybridized carbons (Fsp3) is 0.600. The molecule has 2 nitrogen and oxygen atoms in total. The van der Waals surface area contributed by atoms with Crippen molar-refractivity contribution in [1.82, 2.24) is 0 Å². The molecule has 1 rings (SSSR count). The van der Waals surface area contributed by atoms with Crippen molar-refractivity contribution >= 4 is 23.2 Å². The van der Waals surface area contributed by atoms with Crippen molar-refractivity contribution in [2.45, 2.75) is 52.0 Å². The van der Waals surface area contributed by atoms with E-state index in [1.165, 1.54) is 0 Å². The average molecular weight is 304 g/mol. The van der Waals surface area contributed by atoms with Crippen molar-refractivity contribution in [2.75, 3.05) is 6.61 Å². The zero-order valence-electron chi connectivity index (χ0n) is 11.7. The molecule has 0 aromatic heterocycles. The quantitative estimate of drug-likeness (QED) is 0.745. The molecular formula is C15H23Cl2NO. The minimum absolute atomic E-state index is 0.287. The van der Waals surface area contributed by atoms with Gasteiger partial charge >= 0.3 is 0 Å². The summed E-state index contributed by atoms with van der Waals surface area (Å²) >= 11 is 12.2. The molecular weight excluding hydrogens is 281 g/mol. The Hall–Kier alpha value is -0.440. The summed E-state index contributed by atoms with van der Waals surface area (Å²) in [4.78, 5) is 0. The van der Waals surface area contributed by atoms with Crippen LogP contribution in [-0.4, -0.2) is 12.6 Å². The summed E-state index contributed by atoms with van der Waals surface area (Å²) in [6.07, 6.45) is 5.15. The molecule has 0 aliphatic heterocycles. The zero-order valence-corrected chi connectivity index (χ0v) is 13.2. The highest BCUT2D eigenvalue weighted by atomic mass is 35.5. The van der Waals surface area contributed by atoms with E-state index in [1.807, 2.05) is 13.0 Å². The third-order valence-corrected chi connectivity index (χ3v) is 3.55. The molecule has 0 spiro atoms. The second kappa shape index (κ2) is 8.68. The zero-order chi connectivity index (χ0) is 14.3. The molecule has 0 saturated carbocycles. The summed E-state index contributed by atoms with van der Waals surface area (Å²) in [5.41, 5.74) is 7.09. The normalized spacial score (nSPS) is 12.5. The number of halogens is 2. The van der Waals surface area contributed by atoms with E-state index in [4.69, 9.17) is 33.7 Å². The average Bonchev–Trinajstić information content (AvgIpc) is 2.33. The molecule has 0 aliphatic carbocycles. The molecule has 1 atom stereocenters. The van der Waals surface area contributed by atoms with Crippen LogP contribution in [0.4, 0.5) is 0 Å². The highest BCUT2D eigenvalue weighted by Crippen LogP contribution is 2.33. The van der Waals surface area contributed by atoms with Gasteiger partial charge in [0, 0.05) is 11.1 Å². The van der Waals surface area contributed by atoms with E-state index in [2.05, 4.69) is 6.92 Å². The van der Waals surface area contributed by atoms with Gasteiger partial charge in [-0.3, -0.25) is 0 Å². The Morgan fingerprint density at radius 2 is 1.95 bits per heavy atom.